The number of unbranched alkanes of at least 4 members (excludes halogenated alkanes) is 1. The lowest BCUT2D eigenvalue weighted by Crippen LogP contribution is -2.24. The van der Waals surface area contributed by atoms with Crippen molar-refractivity contribution >= 4 is 28.5 Å². The zero-order valence-corrected chi connectivity index (χ0v) is 11.8. The summed E-state index contributed by atoms with van der Waals surface area (Å²) in [6, 6.07) is 0. The zero-order chi connectivity index (χ0) is 13.8. The molecule has 19 heavy (non-hydrogen) atoms. The lowest BCUT2D eigenvalue weighted by Gasteiger charge is -2.06. The normalized spacial score (nSPS) is 25.5. The van der Waals surface area contributed by atoms with E-state index in [4.69, 9.17) is 16.4 Å². The number of rotatable bonds is 5. The molecule has 0 aromatic heterocycles. The van der Waals surface area contributed by atoms with Crippen molar-refractivity contribution in [3.63, 3.8) is 0 Å². The van der Waals surface area contributed by atoms with Gasteiger partial charge < -0.3 is 9.57 Å². The molecule has 0 aliphatic carbocycles. The van der Waals surface area contributed by atoms with E-state index in [1.807, 2.05) is 6.08 Å². The Hall–Kier alpha value is -1.36. The van der Waals surface area contributed by atoms with Gasteiger partial charge in [-0.1, -0.05) is 30.1 Å². The summed E-state index contributed by atoms with van der Waals surface area (Å²) in [6.07, 6.45) is 4.86. The number of esters is 1. The number of aliphatic imine (C=N–C) groups is 1. The molecule has 0 amide bonds. The number of halogens is 1. The molecule has 2 atom stereocenters. The molecule has 6 heteroatoms. The molecule has 5 nitrogen and oxygen atoms in total. The van der Waals surface area contributed by atoms with Gasteiger partial charge in [0.2, 0.25) is 6.10 Å². The summed E-state index contributed by atoms with van der Waals surface area (Å²) >= 11 is 6.14. The van der Waals surface area contributed by atoms with Crippen molar-refractivity contribution < 1.29 is 14.4 Å². The highest BCUT2D eigenvalue weighted by Gasteiger charge is 2.35. The van der Waals surface area contributed by atoms with E-state index in [-0.39, 0.29) is 5.92 Å². The van der Waals surface area contributed by atoms with Gasteiger partial charge in [0.05, 0.1) is 18.7 Å². The van der Waals surface area contributed by atoms with E-state index in [0.29, 0.717) is 11.6 Å². The summed E-state index contributed by atoms with van der Waals surface area (Å²) in [5.41, 5.74) is 1.72. The predicted octanol–water partition coefficient (Wildman–Crippen LogP) is 2.65. The maximum Gasteiger partial charge on any atom is 0.350 e. The molecule has 2 aliphatic heterocycles. The van der Waals surface area contributed by atoms with Gasteiger partial charge in [0.1, 0.15) is 5.17 Å². The molecule has 0 fully saturated rings. The molecule has 2 unspecified atom stereocenters. The second-order valence-electron chi connectivity index (χ2n) is 4.58. The molecular formula is C13H17ClN2O3. The first-order chi connectivity index (χ1) is 9.15. The van der Waals surface area contributed by atoms with E-state index in [0.717, 1.165) is 30.7 Å². The van der Waals surface area contributed by atoms with Gasteiger partial charge in [0.25, 0.3) is 0 Å². The fourth-order valence-corrected chi connectivity index (χ4v) is 2.37. The van der Waals surface area contributed by atoms with E-state index in [1.54, 1.807) is 0 Å². The summed E-state index contributed by atoms with van der Waals surface area (Å²) < 4.78 is 4.63. The van der Waals surface area contributed by atoms with Crippen LogP contribution in [0.4, 0.5) is 0 Å². The quantitative estimate of drug-likeness (QED) is 0.729. The van der Waals surface area contributed by atoms with Crippen molar-refractivity contribution in [2.45, 2.75) is 38.7 Å². The molecule has 0 saturated heterocycles. The zero-order valence-electron chi connectivity index (χ0n) is 11.1. The van der Waals surface area contributed by atoms with Crippen molar-refractivity contribution in [3.8, 4) is 0 Å². The predicted molar refractivity (Wildman–Crippen MR) is 73.3 cm³/mol. The third kappa shape index (κ3) is 3.15. The minimum atomic E-state index is -0.655. The highest BCUT2D eigenvalue weighted by atomic mass is 35.5. The lowest BCUT2D eigenvalue weighted by atomic mass is 9.99. The van der Waals surface area contributed by atoms with Crippen molar-refractivity contribution in [1.29, 1.82) is 0 Å². The Bertz CT molecular complexity index is 457. The van der Waals surface area contributed by atoms with E-state index in [1.165, 1.54) is 7.11 Å². The first-order valence-electron chi connectivity index (χ1n) is 6.41. The Balaban J connectivity index is 1.99. The van der Waals surface area contributed by atoms with E-state index < -0.39 is 12.1 Å². The summed E-state index contributed by atoms with van der Waals surface area (Å²) in [7, 11) is 1.33. The summed E-state index contributed by atoms with van der Waals surface area (Å²) in [4.78, 5) is 20.8. The highest BCUT2D eigenvalue weighted by Crippen LogP contribution is 2.28. The fraction of sp³-hybridized carbons (Fsp3) is 0.615. The number of hydrogen-bond donors (Lipinski definition) is 0. The smallest absolute Gasteiger partial charge is 0.350 e. The Kier molecular flexibility index (Phi) is 4.58. The van der Waals surface area contributed by atoms with Crippen molar-refractivity contribution in [3.05, 3.63) is 11.8 Å². The second-order valence-corrected chi connectivity index (χ2v) is 4.96. The van der Waals surface area contributed by atoms with Gasteiger partial charge in [-0.05, 0) is 18.9 Å². The minimum absolute atomic E-state index is 0.150. The number of methoxy groups -OCH3 is 1. The number of oxime groups is 1. The Labute approximate surface area is 117 Å². The van der Waals surface area contributed by atoms with Crippen molar-refractivity contribution in [1.82, 2.24) is 0 Å². The SMILES string of the molecule is CCCCC1=CC(C2=NOC(C(=O)OC)C2)C(Cl)=N1. The van der Waals surface area contributed by atoms with Crippen LogP contribution in [0.3, 0.4) is 0 Å². The molecule has 0 saturated carbocycles. The number of allylic oxidation sites excluding steroid dienone is 2. The molecule has 0 bridgehead atoms. The van der Waals surface area contributed by atoms with Crippen LogP contribution in [0, 0.1) is 5.92 Å². The van der Waals surface area contributed by atoms with Crippen LogP contribution in [0.25, 0.3) is 0 Å². The maximum absolute atomic E-state index is 11.4. The van der Waals surface area contributed by atoms with Gasteiger partial charge in [-0.25, -0.2) is 9.79 Å². The minimum Gasteiger partial charge on any atom is -0.466 e. The highest BCUT2D eigenvalue weighted by molar-refractivity contribution is 6.68. The standard InChI is InChI=1S/C13H17ClN2O3/c1-3-4-5-8-6-9(12(14)15-8)10-7-11(19-16-10)13(17)18-2/h6,9,11H,3-5,7H2,1-2H3. The molecule has 0 aromatic rings. The average Bonchev–Trinajstić information content (AvgIpc) is 3.02. The average molecular weight is 285 g/mol. The van der Waals surface area contributed by atoms with Crippen LogP contribution < -0.4 is 0 Å². The second kappa shape index (κ2) is 6.19. The third-order valence-corrected chi connectivity index (χ3v) is 3.49. The molecule has 0 aromatic carbocycles. The van der Waals surface area contributed by atoms with Crippen molar-refractivity contribution in [2.24, 2.45) is 16.1 Å². The van der Waals surface area contributed by atoms with Crippen LogP contribution in [0.5, 0.6) is 0 Å². The maximum atomic E-state index is 11.4. The number of hydrogen-bond acceptors (Lipinski definition) is 5. The fourth-order valence-electron chi connectivity index (χ4n) is 2.07. The molecule has 2 rings (SSSR count). The van der Waals surface area contributed by atoms with Crippen LogP contribution in [0.1, 0.15) is 32.6 Å². The number of carbonyl (C=O) groups excluding carboxylic acids is 1. The van der Waals surface area contributed by atoms with Gasteiger partial charge in [-0.2, -0.15) is 0 Å². The molecule has 104 valence electrons. The van der Waals surface area contributed by atoms with E-state index >= 15 is 0 Å². The van der Waals surface area contributed by atoms with Crippen LogP contribution >= 0.6 is 11.6 Å². The first-order valence-corrected chi connectivity index (χ1v) is 6.78. The third-order valence-electron chi connectivity index (χ3n) is 3.17. The summed E-state index contributed by atoms with van der Waals surface area (Å²) in [5.74, 6) is -0.567. The molecule has 0 spiro atoms. The van der Waals surface area contributed by atoms with Crippen LogP contribution in [0.15, 0.2) is 21.9 Å². The lowest BCUT2D eigenvalue weighted by molar-refractivity contribution is -0.152. The van der Waals surface area contributed by atoms with Gasteiger partial charge in [-0.15, -0.1) is 0 Å². The monoisotopic (exact) mass is 284 g/mol. The van der Waals surface area contributed by atoms with Crippen LogP contribution in [-0.2, 0) is 14.4 Å². The van der Waals surface area contributed by atoms with E-state index in [2.05, 4.69) is 21.8 Å². The topological polar surface area (TPSA) is 60.2 Å². The Morgan fingerprint density at radius 1 is 1.63 bits per heavy atom. The number of nitrogens with zero attached hydrogens (tertiary/aromatic N) is 2. The van der Waals surface area contributed by atoms with Gasteiger partial charge in [0.15, 0.2) is 0 Å². The van der Waals surface area contributed by atoms with Crippen LogP contribution in [0.2, 0.25) is 0 Å². The van der Waals surface area contributed by atoms with Gasteiger partial charge in [0, 0.05) is 12.1 Å². The van der Waals surface area contributed by atoms with Crippen molar-refractivity contribution in [2.75, 3.05) is 7.11 Å². The molecule has 2 aliphatic rings. The number of carbonyl (C=O) groups is 1. The first kappa shape index (κ1) is 14.1. The number of ether oxygens (including phenoxy) is 1. The van der Waals surface area contributed by atoms with E-state index in [9.17, 15) is 4.79 Å². The molecule has 0 radical (unpaired) electrons. The Morgan fingerprint density at radius 2 is 2.42 bits per heavy atom. The van der Waals surface area contributed by atoms with Crippen LogP contribution in [-0.4, -0.2) is 30.1 Å². The molecule has 2 heterocycles. The molecular weight excluding hydrogens is 268 g/mol. The summed E-state index contributed by atoms with van der Waals surface area (Å²) in [5, 5.41) is 4.44. The van der Waals surface area contributed by atoms with Gasteiger partial charge in [-0.3, -0.25) is 0 Å². The summed E-state index contributed by atoms with van der Waals surface area (Å²) in [6.45, 7) is 2.13. The Morgan fingerprint density at radius 3 is 3.11 bits per heavy atom. The largest absolute Gasteiger partial charge is 0.466 e. The molecule has 0 N–H and O–H groups in total. The van der Waals surface area contributed by atoms with Gasteiger partial charge >= 0.3 is 5.97 Å².